The van der Waals surface area contributed by atoms with Gasteiger partial charge in [0.15, 0.2) is 5.82 Å². The molecule has 2 amide bonds. The molecule has 28 heavy (non-hydrogen) atoms. The number of carbonyl (C=O) groups excluding carboxylic acids is 2. The van der Waals surface area contributed by atoms with Gasteiger partial charge in [0, 0.05) is 25.3 Å². The molecule has 3 rings (SSSR count). The van der Waals surface area contributed by atoms with Gasteiger partial charge in [-0.2, -0.15) is 0 Å². The van der Waals surface area contributed by atoms with Crippen LogP contribution < -0.4 is 10.6 Å². The molecule has 0 fully saturated rings. The third-order valence-electron chi connectivity index (χ3n) is 4.86. The molecule has 1 aromatic heterocycles. The molecule has 1 aromatic carbocycles. The van der Waals surface area contributed by atoms with Crippen LogP contribution in [0.4, 0.5) is 5.69 Å². The summed E-state index contributed by atoms with van der Waals surface area (Å²) in [7, 11) is 3.92. The van der Waals surface area contributed by atoms with E-state index in [1.165, 1.54) is 0 Å². The van der Waals surface area contributed by atoms with Crippen molar-refractivity contribution in [3.8, 4) is 0 Å². The van der Waals surface area contributed by atoms with Crippen LogP contribution in [0.1, 0.15) is 50.8 Å². The van der Waals surface area contributed by atoms with Gasteiger partial charge >= 0.3 is 0 Å². The minimum atomic E-state index is -0.277. The summed E-state index contributed by atoms with van der Waals surface area (Å²) < 4.78 is 1.91. The van der Waals surface area contributed by atoms with E-state index in [0.717, 1.165) is 48.3 Å². The minimum Gasteiger partial charge on any atom is -0.349 e. The Bertz CT molecular complexity index is 865. The van der Waals surface area contributed by atoms with Crippen molar-refractivity contribution < 1.29 is 9.59 Å². The quantitative estimate of drug-likeness (QED) is 0.803. The van der Waals surface area contributed by atoms with E-state index in [1.54, 1.807) is 0 Å². The Morgan fingerprint density at radius 3 is 2.50 bits per heavy atom. The molecule has 0 spiro atoms. The van der Waals surface area contributed by atoms with Crippen LogP contribution in [-0.2, 0) is 13.0 Å². The number of imidazole rings is 1. The number of nitrogens with one attached hydrogen (secondary N) is 2. The summed E-state index contributed by atoms with van der Waals surface area (Å²) in [4.78, 5) is 32.0. The zero-order valence-electron chi connectivity index (χ0n) is 17.1. The van der Waals surface area contributed by atoms with Crippen LogP contribution in [0.25, 0.3) is 0 Å². The summed E-state index contributed by atoms with van der Waals surface area (Å²) in [5.41, 5.74) is 4.15. The molecule has 0 atom stereocenters. The number of likely N-dealkylation sites (N-methyl/N-ethyl adjacent to an activating group) is 1. The number of aryl methyl sites for hydroxylation is 2. The summed E-state index contributed by atoms with van der Waals surface area (Å²) in [5.74, 6) is -0.176. The molecular weight excluding hydrogens is 354 g/mol. The van der Waals surface area contributed by atoms with Crippen LogP contribution in [0.5, 0.6) is 0 Å². The third-order valence-corrected chi connectivity index (χ3v) is 4.86. The van der Waals surface area contributed by atoms with Gasteiger partial charge in [-0.15, -0.1) is 0 Å². The Kier molecular flexibility index (Phi) is 6.14. The van der Waals surface area contributed by atoms with E-state index >= 15 is 0 Å². The highest BCUT2D eigenvalue weighted by Crippen LogP contribution is 2.22. The summed E-state index contributed by atoms with van der Waals surface area (Å²) >= 11 is 0. The van der Waals surface area contributed by atoms with Crippen LogP contribution in [-0.4, -0.2) is 53.5 Å². The first-order valence-corrected chi connectivity index (χ1v) is 9.77. The Labute approximate surface area is 166 Å². The lowest BCUT2D eigenvalue weighted by Crippen LogP contribution is -2.32. The highest BCUT2D eigenvalue weighted by molar-refractivity contribution is 6.03. The van der Waals surface area contributed by atoms with E-state index in [4.69, 9.17) is 0 Å². The molecule has 0 radical (unpaired) electrons. The zero-order valence-corrected chi connectivity index (χ0v) is 17.1. The van der Waals surface area contributed by atoms with E-state index in [2.05, 4.69) is 21.7 Å². The fourth-order valence-electron chi connectivity index (χ4n) is 3.61. The van der Waals surface area contributed by atoms with Crippen LogP contribution in [0.3, 0.4) is 0 Å². The number of amides is 2. The largest absolute Gasteiger partial charge is 0.349 e. The first-order chi connectivity index (χ1) is 13.3. The molecule has 7 nitrogen and oxygen atoms in total. The summed E-state index contributed by atoms with van der Waals surface area (Å²) in [6.07, 6.45) is 2.75. The van der Waals surface area contributed by atoms with Crippen LogP contribution in [0.15, 0.2) is 18.2 Å². The molecule has 150 valence electrons. The maximum absolute atomic E-state index is 12.9. The number of aromatic nitrogens is 2. The molecule has 0 unspecified atom stereocenters. The third kappa shape index (κ3) is 4.59. The predicted octanol–water partition coefficient (Wildman–Crippen LogP) is 2.38. The van der Waals surface area contributed by atoms with E-state index in [1.807, 2.05) is 49.5 Å². The molecule has 0 saturated heterocycles. The lowest BCUT2D eigenvalue weighted by Gasteiger charge is -2.17. The fraction of sp³-hybridized carbons (Fsp3) is 0.476. The van der Waals surface area contributed by atoms with Gasteiger partial charge in [-0.05, 0) is 70.5 Å². The number of benzene rings is 1. The highest BCUT2D eigenvalue weighted by Gasteiger charge is 2.27. The number of hydrogen-bond acceptors (Lipinski definition) is 4. The van der Waals surface area contributed by atoms with E-state index in [0.29, 0.717) is 24.6 Å². The van der Waals surface area contributed by atoms with E-state index in [9.17, 15) is 9.59 Å². The monoisotopic (exact) mass is 383 g/mol. The first kappa shape index (κ1) is 20.1. The molecule has 0 aliphatic carbocycles. The van der Waals surface area contributed by atoms with Gasteiger partial charge in [0.25, 0.3) is 11.8 Å². The fourth-order valence-corrected chi connectivity index (χ4v) is 3.61. The van der Waals surface area contributed by atoms with Gasteiger partial charge in [0.1, 0.15) is 5.69 Å². The Morgan fingerprint density at radius 2 is 1.82 bits per heavy atom. The molecule has 7 heteroatoms. The highest BCUT2D eigenvalue weighted by atomic mass is 16.2. The van der Waals surface area contributed by atoms with Crippen molar-refractivity contribution in [3.05, 3.63) is 46.5 Å². The number of carbonyl (C=O) groups is 2. The Morgan fingerprint density at radius 1 is 1.11 bits per heavy atom. The van der Waals surface area contributed by atoms with E-state index in [-0.39, 0.29) is 11.8 Å². The number of fused-ring (bicyclic) bond motifs is 1. The van der Waals surface area contributed by atoms with Gasteiger partial charge in [-0.3, -0.25) is 9.59 Å². The van der Waals surface area contributed by atoms with Gasteiger partial charge in [-0.25, -0.2) is 4.98 Å². The van der Waals surface area contributed by atoms with Crippen LogP contribution in [0.2, 0.25) is 0 Å². The van der Waals surface area contributed by atoms with Crippen molar-refractivity contribution in [1.82, 2.24) is 19.8 Å². The molecule has 2 aromatic rings. The SMILES string of the molecule is Cc1cc(C)cc(NC(=O)c2nc(C(=O)NCCN(C)C)c3n2CCCC3)c1. The van der Waals surface area contributed by atoms with Crippen molar-refractivity contribution in [2.24, 2.45) is 0 Å². The van der Waals surface area contributed by atoms with Crippen molar-refractivity contribution in [2.45, 2.75) is 39.7 Å². The van der Waals surface area contributed by atoms with Crippen LogP contribution >= 0.6 is 0 Å². The van der Waals surface area contributed by atoms with Gasteiger partial charge in [-0.1, -0.05) is 6.07 Å². The second-order valence-corrected chi connectivity index (χ2v) is 7.73. The average molecular weight is 383 g/mol. The number of anilines is 1. The zero-order chi connectivity index (χ0) is 20.3. The van der Waals surface area contributed by atoms with Gasteiger partial charge < -0.3 is 20.1 Å². The van der Waals surface area contributed by atoms with Crippen LogP contribution in [0, 0.1) is 13.8 Å². The summed E-state index contributed by atoms with van der Waals surface area (Å²) in [6.45, 7) is 6.00. The molecular formula is C21H29N5O2. The average Bonchev–Trinajstić information content (AvgIpc) is 3.00. The molecule has 2 N–H and O–H groups in total. The smallest absolute Gasteiger partial charge is 0.291 e. The van der Waals surface area contributed by atoms with Crippen molar-refractivity contribution in [1.29, 1.82) is 0 Å². The summed E-state index contributed by atoms with van der Waals surface area (Å²) in [6, 6.07) is 5.92. The van der Waals surface area contributed by atoms with Crippen molar-refractivity contribution in [3.63, 3.8) is 0 Å². The first-order valence-electron chi connectivity index (χ1n) is 9.77. The number of hydrogen-bond donors (Lipinski definition) is 2. The second kappa shape index (κ2) is 8.56. The topological polar surface area (TPSA) is 79.3 Å². The predicted molar refractivity (Wildman–Crippen MR) is 110 cm³/mol. The minimum absolute atomic E-state index is 0.210. The molecule has 1 aliphatic heterocycles. The molecule has 0 bridgehead atoms. The van der Waals surface area contributed by atoms with Crippen molar-refractivity contribution in [2.75, 3.05) is 32.5 Å². The van der Waals surface area contributed by atoms with E-state index < -0.39 is 0 Å². The normalized spacial score (nSPS) is 13.3. The maximum atomic E-state index is 12.9. The van der Waals surface area contributed by atoms with Gasteiger partial charge in [0.05, 0.1) is 5.69 Å². The molecule has 1 aliphatic rings. The lowest BCUT2D eigenvalue weighted by molar-refractivity contribution is 0.0945. The molecule has 0 saturated carbocycles. The second-order valence-electron chi connectivity index (χ2n) is 7.73. The Balaban J connectivity index is 1.83. The molecule has 2 heterocycles. The lowest BCUT2D eigenvalue weighted by atomic mass is 10.1. The standard InChI is InChI=1S/C21H29N5O2/c1-14-11-15(2)13-16(12-14)23-21(28)19-24-18(17-7-5-6-9-26(17)19)20(27)22-8-10-25(3)4/h11-13H,5-10H2,1-4H3,(H,22,27)(H,23,28). The number of nitrogens with zero attached hydrogens (tertiary/aromatic N) is 3. The summed E-state index contributed by atoms with van der Waals surface area (Å²) in [5, 5.41) is 5.85. The Hall–Kier alpha value is -2.67. The maximum Gasteiger partial charge on any atom is 0.291 e. The van der Waals surface area contributed by atoms with Gasteiger partial charge in [0.2, 0.25) is 0 Å². The van der Waals surface area contributed by atoms with Crippen molar-refractivity contribution >= 4 is 17.5 Å². The number of rotatable bonds is 6.